The molecule has 3 aromatic rings. The Morgan fingerprint density at radius 3 is 2.69 bits per heavy atom. The van der Waals surface area contributed by atoms with Crippen LogP contribution in [-0.4, -0.2) is 35.4 Å². The molecule has 1 aliphatic rings. The summed E-state index contributed by atoms with van der Waals surface area (Å²) >= 11 is 1.20. The third kappa shape index (κ3) is 6.22. The summed E-state index contributed by atoms with van der Waals surface area (Å²) in [4.78, 5) is 29.3. The molecule has 0 bridgehead atoms. The van der Waals surface area contributed by atoms with Crippen molar-refractivity contribution in [2.24, 2.45) is 0 Å². The summed E-state index contributed by atoms with van der Waals surface area (Å²) < 4.78 is 11.3. The quantitative estimate of drug-likeness (QED) is 0.197. The first-order valence-electron chi connectivity index (χ1n) is 12.2. The van der Waals surface area contributed by atoms with Crippen LogP contribution in [0, 0.1) is 0 Å². The van der Waals surface area contributed by atoms with Crippen LogP contribution in [0.4, 0.5) is 16.6 Å². The minimum Gasteiger partial charge on any atom is -0.489 e. The predicted octanol–water partition coefficient (Wildman–Crippen LogP) is 5.10. The van der Waals surface area contributed by atoms with Crippen LogP contribution in [0.25, 0.3) is 0 Å². The van der Waals surface area contributed by atoms with Crippen LogP contribution in [0.15, 0.2) is 42.5 Å². The van der Waals surface area contributed by atoms with Crippen molar-refractivity contribution in [3.05, 3.63) is 58.5 Å². The molecule has 8 nitrogen and oxygen atoms in total. The zero-order valence-electron chi connectivity index (χ0n) is 20.8. The number of anilines is 3. The number of nitrogens with two attached hydrogens (primary N) is 1. The van der Waals surface area contributed by atoms with Crippen molar-refractivity contribution in [3.63, 3.8) is 0 Å². The van der Waals surface area contributed by atoms with Gasteiger partial charge in [0.1, 0.15) is 28.3 Å². The number of benzene rings is 2. The Morgan fingerprint density at radius 1 is 1.25 bits per heavy atom. The number of carbonyl (C=O) groups is 2. The number of esters is 1. The number of hydrogen-bond donors (Lipinski definition) is 3. The fourth-order valence-corrected chi connectivity index (χ4v) is 5.14. The smallest absolute Gasteiger partial charge is 0.308 e. The van der Waals surface area contributed by atoms with Crippen LogP contribution < -0.4 is 25.8 Å². The van der Waals surface area contributed by atoms with E-state index in [-0.39, 0.29) is 17.7 Å². The van der Waals surface area contributed by atoms with E-state index in [9.17, 15) is 9.59 Å². The van der Waals surface area contributed by atoms with Gasteiger partial charge < -0.3 is 25.8 Å². The highest BCUT2D eigenvalue weighted by Crippen LogP contribution is 2.32. The van der Waals surface area contributed by atoms with Gasteiger partial charge in [0.05, 0.1) is 0 Å². The van der Waals surface area contributed by atoms with E-state index in [1.54, 1.807) is 18.2 Å². The van der Waals surface area contributed by atoms with Gasteiger partial charge in [0.15, 0.2) is 5.13 Å². The zero-order valence-corrected chi connectivity index (χ0v) is 21.6. The van der Waals surface area contributed by atoms with Crippen molar-refractivity contribution < 1.29 is 19.1 Å². The Morgan fingerprint density at radius 2 is 2.03 bits per heavy atom. The lowest BCUT2D eigenvalue weighted by Crippen LogP contribution is -2.36. The number of hydrogen-bond acceptors (Lipinski definition) is 9. The molecule has 4 rings (SSSR count). The third-order valence-electron chi connectivity index (χ3n) is 6.05. The average Bonchev–Trinajstić information content (AvgIpc) is 3.51. The fraction of sp³-hybridized carbons (Fsp3) is 0.370. The molecule has 0 radical (unpaired) electrons. The van der Waals surface area contributed by atoms with Crippen LogP contribution >= 0.6 is 11.3 Å². The van der Waals surface area contributed by atoms with Crippen molar-refractivity contribution >= 4 is 39.7 Å². The number of nitrogen functional groups attached to an aromatic ring is 1. The highest BCUT2D eigenvalue weighted by Gasteiger charge is 2.22. The largest absolute Gasteiger partial charge is 0.489 e. The highest BCUT2D eigenvalue weighted by atomic mass is 32.1. The lowest BCUT2D eigenvalue weighted by molar-refractivity contribution is -0.131. The zero-order chi connectivity index (χ0) is 25.7. The maximum atomic E-state index is 13.2. The van der Waals surface area contributed by atoms with Gasteiger partial charge in [-0.1, -0.05) is 24.7 Å². The molecule has 4 N–H and O–H groups in total. The SMILES string of the molecule is CCCc1cc(C(=O)c2sc(Nc3ccc(O[C@@H](C)C4CCCN4)cc3)nc2N)ccc1OC(C)=O. The highest BCUT2D eigenvalue weighted by molar-refractivity contribution is 7.18. The number of rotatable bonds is 10. The molecule has 36 heavy (non-hydrogen) atoms. The Bertz CT molecular complexity index is 1220. The summed E-state index contributed by atoms with van der Waals surface area (Å²) in [6, 6.07) is 13.1. The van der Waals surface area contributed by atoms with E-state index in [0.717, 1.165) is 36.4 Å². The van der Waals surface area contributed by atoms with Crippen LogP contribution in [0.5, 0.6) is 11.5 Å². The molecule has 0 spiro atoms. The molecule has 2 heterocycles. The molecular weight excluding hydrogens is 476 g/mol. The molecular formula is C27H32N4O4S. The monoisotopic (exact) mass is 508 g/mol. The van der Waals surface area contributed by atoms with E-state index in [0.29, 0.717) is 33.8 Å². The number of ketones is 1. The van der Waals surface area contributed by atoms with Gasteiger partial charge in [-0.25, -0.2) is 4.98 Å². The van der Waals surface area contributed by atoms with E-state index in [1.165, 1.54) is 24.7 Å². The molecule has 1 fully saturated rings. The Labute approximate surface area is 215 Å². The van der Waals surface area contributed by atoms with Crippen molar-refractivity contribution in [1.82, 2.24) is 10.3 Å². The summed E-state index contributed by atoms with van der Waals surface area (Å²) in [6.07, 6.45) is 3.94. The molecule has 1 unspecified atom stereocenters. The van der Waals surface area contributed by atoms with Crippen LogP contribution in [0.1, 0.15) is 60.8 Å². The van der Waals surface area contributed by atoms with Crippen molar-refractivity contribution in [2.45, 2.75) is 58.6 Å². The molecule has 2 aromatic carbocycles. The van der Waals surface area contributed by atoms with Gasteiger partial charge in [0.2, 0.25) is 5.78 Å². The summed E-state index contributed by atoms with van der Waals surface area (Å²) in [5, 5.41) is 7.21. The first kappa shape index (κ1) is 25.7. The second-order valence-electron chi connectivity index (χ2n) is 8.90. The van der Waals surface area contributed by atoms with Crippen LogP contribution in [0.2, 0.25) is 0 Å². The van der Waals surface area contributed by atoms with Gasteiger partial charge in [-0.2, -0.15) is 0 Å². The summed E-state index contributed by atoms with van der Waals surface area (Å²) in [7, 11) is 0. The van der Waals surface area contributed by atoms with Crippen molar-refractivity contribution in [2.75, 3.05) is 17.6 Å². The number of nitrogens with one attached hydrogen (secondary N) is 2. The van der Waals surface area contributed by atoms with Crippen molar-refractivity contribution in [1.29, 1.82) is 0 Å². The van der Waals surface area contributed by atoms with E-state index in [2.05, 4.69) is 22.5 Å². The lowest BCUT2D eigenvalue weighted by Gasteiger charge is -2.21. The second-order valence-corrected chi connectivity index (χ2v) is 9.90. The lowest BCUT2D eigenvalue weighted by atomic mass is 10.0. The number of aromatic nitrogens is 1. The summed E-state index contributed by atoms with van der Waals surface area (Å²) in [6.45, 7) is 6.51. The molecule has 0 amide bonds. The van der Waals surface area contributed by atoms with Gasteiger partial charge in [0.25, 0.3) is 0 Å². The van der Waals surface area contributed by atoms with Gasteiger partial charge >= 0.3 is 5.97 Å². The Hall–Kier alpha value is -3.43. The normalized spacial score (nSPS) is 15.9. The van der Waals surface area contributed by atoms with E-state index in [1.807, 2.05) is 31.2 Å². The maximum absolute atomic E-state index is 13.2. The molecule has 1 saturated heterocycles. The summed E-state index contributed by atoms with van der Waals surface area (Å²) in [5.41, 5.74) is 8.21. The number of nitrogens with zero attached hydrogens (tertiary/aromatic N) is 1. The van der Waals surface area contributed by atoms with Crippen LogP contribution in [-0.2, 0) is 11.2 Å². The first-order valence-corrected chi connectivity index (χ1v) is 13.0. The fourth-order valence-electron chi connectivity index (χ4n) is 4.27. The minimum absolute atomic E-state index is 0.0968. The minimum atomic E-state index is -0.395. The molecule has 0 aliphatic carbocycles. The van der Waals surface area contributed by atoms with Crippen molar-refractivity contribution in [3.8, 4) is 11.5 Å². The van der Waals surface area contributed by atoms with Crippen LogP contribution in [0.3, 0.4) is 0 Å². The molecule has 9 heteroatoms. The molecule has 0 saturated carbocycles. The molecule has 190 valence electrons. The third-order valence-corrected chi connectivity index (χ3v) is 7.03. The van der Waals surface area contributed by atoms with Gasteiger partial charge in [-0.3, -0.25) is 9.59 Å². The molecule has 1 aromatic heterocycles. The number of ether oxygens (including phenoxy) is 2. The first-order chi connectivity index (χ1) is 17.3. The van der Waals surface area contributed by atoms with E-state index < -0.39 is 5.97 Å². The average molecular weight is 509 g/mol. The Kier molecular flexibility index (Phi) is 8.22. The van der Waals surface area contributed by atoms with E-state index in [4.69, 9.17) is 15.2 Å². The Balaban J connectivity index is 1.44. The molecule has 2 atom stereocenters. The summed E-state index contributed by atoms with van der Waals surface area (Å²) in [5.74, 6) is 0.835. The predicted molar refractivity (Wildman–Crippen MR) is 143 cm³/mol. The number of aryl methyl sites for hydroxylation is 1. The van der Waals surface area contributed by atoms with Gasteiger partial charge in [-0.05, 0) is 80.8 Å². The standard InChI is InChI=1S/C27H32N4O4S/c1-4-6-18-15-19(8-13-23(18)35-17(3)32)24(33)25-26(28)31-27(36-25)30-20-9-11-21(12-10-20)34-16(2)22-7-5-14-29-22/h8-13,15-16,22,29H,4-7,14,28H2,1-3H3,(H,30,31)/t16-,22?/m0/s1. The second kappa shape index (κ2) is 11.5. The number of thiazole rings is 1. The number of carbonyl (C=O) groups excluding carboxylic acids is 2. The topological polar surface area (TPSA) is 116 Å². The van der Waals surface area contributed by atoms with E-state index >= 15 is 0 Å². The van der Waals surface area contributed by atoms with Gasteiger partial charge in [0, 0.05) is 24.2 Å². The maximum Gasteiger partial charge on any atom is 0.308 e. The van der Waals surface area contributed by atoms with Gasteiger partial charge in [-0.15, -0.1) is 0 Å². The molecule has 1 aliphatic heterocycles.